The summed E-state index contributed by atoms with van der Waals surface area (Å²) in [5.41, 5.74) is -1.29. The lowest BCUT2D eigenvalue weighted by Gasteiger charge is -2.10. The number of aromatic nitrogens is 3. The highest BCUT2D eigenvalue weighted by molar-refractivity contribution is 5.75. The van der Waals surface area contributed by atoms with Gasteiger partial charge in [0.15, 0.2) is 58.2 Å². The van der Waals surface area contributed by atoms with E-state index in [0.29, 0.717) is 0 Å². The summed E-state index contributed by atoms with van der Waals surface area (Å²) in [5, 5.41) is 28.2. The van der Waals surface area contributed by atoms with Crippen LogP contribution < -0.4 is 32.1 Å². The predicted molar refractivity (Wildman–Crippen MR) is 165 cm³/mol. The van der Waals surface area contributed by atoms with E-state index in [0.717, 1.165) is 0 Å². The highest BCUT2D eigenvalue weighted by Crippen LogP contribution is 2.28. The molecule has 3 aliphatic rings. The van der Waals surface area contributed by atoms with Crippen LogP contribution in [0.15, 0.2) is 83.1 Å². The average molecular weight is 702 g/mol. The lowest BCUT2D eigenvalue weighted by Crippen LogP contribution is -2.32. The number of fused-ring (bicyclic) bond motifs is 3. The molecular weight excluding hydrogens is 694 g/mol. The first-order valence-electron chi connectivity index (χ1n) is 14.4. The van der Waals surface area contributed by atoms with Gasteiger partial charge in [0, 0.05) is 11.1 Å². The van der Waals surface area contributed by atoms with Gasteiger partial charge in [0.1, 0.15) is 33.6 Å². The van der Waals surface area contributed by atoms with Gasteiger partial charge in [-0.15, -0.1) is 0 Å². The van der Waals surface area contributed by atoms with Gasteiger partial charge in [0.2, 0.25) is 5.70 Å². The highest BCUT2D eigenvalue weighted by atomic mass is 19.2. The Labute approximate surface area is 291 Å². The zero-order chi connectivity index (χ0) is 37.7. The fourth-order valence-electron chi connectivity index (χ4n) is 5.18. The smallest absolute Gasteiger partial charge is 0.239 e. The molecular formula is C34H7F4N15. The molecule has 0 spiro atoms. The predicted octanol–water partition coefficient (Wildman–Crippen LogP) is 2.23. The molecule has 1 aromatic heterocycles. The van der Waals surface area contributed by atoms with Crippen molar-refractivity contribution in [1.82, 2.24) is 15.0 Å². The van der Waals surface area contributed by atoms with Crippen molar-refractivity contribution < 1.29 is 17.6 Å². The maximum absolute atomic E-state index is 14.6. The molecule has 19 heteroatoms. The lowest BCUT2D eigenvalue weighted by molar-refractivity contribution is 0.399. The molecule has 53 heavy (non-hydrogen) atoms. The van der Waals surface area contributed by atoms with Crippen molar-refractivity contribution in [2.45, 2.75) is 6.92 Å². The van der Waals surface area contributed by atoms with Gasteiger partial charge in [0.05, 0.1) is 47.6 Å². The molecule has 15 nitrogen and oxygen atoms in total. The van der Waals surface area contributed by atoms with E-state index in [-0.39, 0.29) is 72.7 Å². The van der Waals surface area contributed by atoms with Crippen LogP contribution in [0, 0.1) is 77.0 Å². The van der Waals surface area contributed by atoms with E-state index in [2.05, 4.69) is 59.4 Å². The zero-order valence-electron chi connectivity index (χ0n) is 26.0. The second kappa shape index (κ2) is 12.3. The second-order valence-corrected chi connectivity index (χ2v) is 10.6. The maximum Gasteiger partial charge on any atom is 0.305 e. The van der Waals surface area contributed by atoms with E-state index in [1.165, 1.54) is 31.2 Å². The molecule has 4 heterocycles. The first kappa shape index (κ1) is 32.9. The van der Waals surface area contributed by atoms with Crippen LogP contribution >= 0.6 is 0 Å². The Balaban J connectivity index is 1.56. The summed E-state index contributed by atoms with van der Waals surface area (Å²) in [5.74, 6) is -10.1. The van der Waals surface area contributed by atoms with Crippen molar-refractivity contribution in [2.75, 3.05) is 0 Å². The summed E-state index contributed by atoms with van der Waals surface area (Å²) in [7, 11) is 0. The van der Waals surface area contributed by atoms with Gasteiger partial charge < -0.3 is 0 Å². The van der Waals surface area contributed by atoms with Crippen LogP contribution in [0.4, 0.5) is 17.6 Å². The Kier molecular flexibility index (Phi) is 7.66. The summed E-state index contributed by atoms with van der Waals surface area (Å²) >= 11 is 0. The second-order valence-electron chi connectivity index (χ2n) is 10.6. The minimum Gasteiger partial charge on any atom is -0.239 e. The number of halogens is 4. The van der Waals surface area contributed by atoms with Crippen LogP contribution in [0.5, 0.6) is 0 Å². The molecule has 0 saturated carbocycles. The largest absolute Gasteiger partial charge is 0.305 e. The molecule has 0 radical (unpaired) electrons. The standard InChI is InChI=1S/C34H7F4N15/c1-12(42-2)29-45-17-7-5-13(15(9-39)24(17)47-29)30-51-31(14-6-8-18-25(16(14)10-40)48-32(46-18)19(11-41)43-3)53-34(52-30)28(44-4)33-49-26-22(37)20(35)21(36)23(38)27(26)50-33/h5-8H,1H3/b29-12-,32-19+. The van der Waals surface area contributed by atoms with Crippen molar-refractivity contribution in [3.63, 3.8) is 0 Å². The highest BCUT2D eigenvalue weighted by Gasteiger charge is 2.27. The van der Waals surface area contributed by atoms with Gasteiger partial charge in [0.25, 0.3) is 5.70 Å². The summed E-state index contributed by atoms with van der Waals surface area (Å²) in [6.45, 7) is 23.9. The van der Waals surface area contributed by atoms with Gasteiger partial charge in [-0.1, -0.05) is 0 Å². The quantitative estimate of drug-likeness (QED) is 0.103. The van der Waals surface area contributed by atoms with Crippen molar-refractivity contribution in [2.24, 2.45) is 30.0 Å². The molecule has 3 aromatic carbocycles. The molecule has 0 bridgehead atoms. The van der Waals surface area contributed by atoms with E-state index in [4.69, 9.17) is 19.7 Å². The Morgan fingerprint density at radius 2 is 1.08 bits per heavy atom. The number of benzene rings is 3. The molecule has 4 aromatic rings. The van der Waals surface area contributed by atoms with E-state index < -0.39 is 57.0 Å². The molecule has 0 unspecified atom stereocenters. The lowest BCUT2D eigenvalue weighted by atomic mass is 10.0. The van der Waals surface area contributed by atoms with Crippen molar-refractivity contribution >= 4 is 5.70 Å². The van der Waals surface area contributed by atoms with Crippen LogP contribution in [-0.2, 0) is 0 Å². The first-order chi connectivity index (χ1) is 25.6. The fraction of sp³-hybridized carbons (Fsp3) is 0.0294. The third-order valence-electron chi connectivity index (χ3n) is 7.65. The third-order valence-corrected chi connectivity index (χ3v) is 7.65. The molecule has 0 aliphatic carbocycles. The molecule has 3 aliphatic heterocycles. The molecule has 0 N–H and O–H groups in total. The topological polar surface area (TPSA) is 197 Å². The monoisotopic (exact) mass is 701 g/mol. The Hall–Kier alpha value is -8.65. The summed E-state index contributed by atoms with van der Waals surface area (Å²) in [6.07, 6.45) is 0. The van der Waals surface area contributed by atoms with Gasteiger partial charge in [-0.05, 0) is 31.2 Å². The number of rotatable bonds is 3. The van der Waals surface area contributed by atoms with Crippen LogP contribution in [0.2, 0.25) is 0 Å². The minimum absolute atomic E-state index is 0.0104. The number of nitrogens with zero attached hydrogens (tertiary/aromatic N) is 15. The Morgan fingerprint density at radius 3 is 1.53 bits per heavy atom. The first-order valence-corrected chi connectivity index (χ1v) is 14.4. The van der Waals surface area contributed by atoms with Gasteiger partial charge in [-0.2, -0.15) is 10.5 Å². The molecule has 0 atom stereocenters. The van der Waals surface area contributed by atoms with Crippen molar-refractivity contribution in [3.8, 4) is 41.0 Å². The number of hydrogen-bond donors (Lipinski definition) is 0. The Bertz CT molecular complexity index is 3180. The summed E-state index contributed by atoms with van der Waals surface area (Å²) in [6, 6.07) is 11.3. The van der Waals surface area contributed by atoms with Crippen LogP contribution in [0.25, 0.3) is 43.0 Å². The van der Waals surface area contributed by atoms with Gasteiger partial charge in [-0.25, -0.2) is 82.3 Å². The van der Waals surface area contributed by atoms with E-state index in [9.17, 15) is 33.3 Å². The SMILES string of the molecule is [C-]#[N+]C(=C1N=c2c(F)c(F)c(F)c(F)c2=N1)c1nc(-c2ccc3c(c2C#N)=N/C(=C(/C)[N+]#[C-])N=3)nc(-c2ccc3c(c2C#N)=N/C(=C(\C#N)[N+]#[C-])N=3)n1. The van der Waals surface area contributed by atoms with Crippen LogP contribution in [-0.4, -0.2) is 15.0 Å². The summed E-state index contributed by atoms with van der Waals surface area (Å²) in [4.78, 5) is 47.3. The average Bonchev–Trinajstić information content (AvgIpc) is 3.93. The van der Waals surface area contributed by atoms with E-state index >= 15 is 0 Å². The maximum atomic E-state index is 14.6. The van der Waals surface area contributed by atoms with Crippen LogP contribution in [0.3, 0.4) is 0 Å². The summed E-state index contributed by atoms with van der Waals surface area (Å²) < 4.78 is 57.4. The minimum atomic E-state index is -2.15. The van der Waals surface area contributed by atoms with Gasteiger partial charge in [-0.3, -0.25) is 0 Å². The molecule has 0 amide bonds. The molecule has 246 valence electrons. The Morgan fingerprint density at radius 1 is 0.585 bits per heavy atom. The van der Waals surface area contributed by atoms with Crippen molar-refractivity contribution in [1.29, 1.82) is 15.8 Å². The number of allylic oxidation sites excluding steroid dienone is 2. The zero-order valence-corrected chi connectivity index (χ0v) is 26.0. The van der Waals surface area contributed by atoms with Crippen molar-refractivity contribution in [3.05, 3.63) is 160 Å². The molecule has 7 rings (SSSR count). The third kappa shape index (κ3) is 5.03. The normalized spacial score (nSPS) is 14.6. The van der Waals surface area contributed by atoms with E-state index in [1.54, 1.807) is 6.07 Å². The van der Waals surface area contributed by atoms with E-state index in [1.807, 2.05) is 12.1 Å². The number of nitriles is 3. The number of hydrogen-bond acceptors (Lipinski definition) is 12. The molecule has 0 saturated heterocycles. The fourth-order valence-corrected chi connectivity index (χ4v) is 5.18. The van der Waals surface area contributed by atoms with Gasteiger partial charge >= 0.3 is 5.70 Å². The molecule has 0 fully saturated rings. The van der Waals surface area contributed by atoms with Crippen LogP contribution in [0.1, 0.15) is 23.9 Å².